The van der Waals surface area contributed by atoms with E-state index >= 15 is 0 Å². The molecule has 0 atom stereocenters. The van der Waals surface area contributed by atoms with E-state index in [4.69, 9.17) is 10.5 Å². The lowest BCUT2D eigenvalue weighted by molar-refractivity contribution is -0.118. The fourth-order valence-corrected chi connectivity index (χ4v) is 1.78. The number of hydrogen-bond donors (Lipinski definition) is 2. The molecule has 0 spiro atoms. The van der Waals surface area contributed by atoms with Crippen LogP contribution in [0.25, 0.3) is 0 Å². The summed E-state index contributed by atoms with van der Waals surface area (Å²) in [5.41, 5.74) is 6.72. The summed E-state index contributed by atoms with van der Waals surface area (Å²) in [5, 5.41) is 2.54. The molecular formula is C16H15FN2O4. The van der Waals surface area contributed by atoms with Crippen molar-refractivity contribution in [1.82, 2.24) is 0 Å². The first-order chi connectivity index (χ1) is 11.0. The molecule has 0 aliphatic carbocycles. The summed E-state index contributed by atoms with van der Waals surface area (Å²) in [5.74, 6) is -1.18. The van der Waals surface area contributed by atoms with E-state index in [0.29, 0.717) is 5.69 Å². The van der Waals surface area contributed by atoms with E-state index in [-0.39, 0.29) is 23.6 Å². The van der Waals surface area contributed by atoms with Gasteiger partial charge in [-0.25, -0.2) is 9.18 Å². The zero-order chi connectivity index (χ0) is 16.8. The molecule has 120 valence electrons. The molecule has 0 aromatic heterocycles. The Morgan fingerprint density at radius 2 is 1.87 bits per heavy atom. The molecule has 0 saturated carbocycles. The number of amides is 1. The summed E-state index contributed by atoms with van der Waals surface area (Å²) in [6.45, 7) is -0.313. The highest BCUT2D eigenvalue weighted by Gasteiger charge is 2.11. The third kappa shape index (κ3) is 4.44. The van der Waals surface area contributed by atoms with Gasteiger partial charge in [-0.05, 0) is 42.5 Å². The molecule has 2 rings (SSSR count). The number of nitrogen functional groups attached to an aromatic ring is 1. The van der Waals surface area contributed by atoms with Crippen molar-refractivity contribution in [2.45, 2.75) is 0 Å². The van der Waals surface area contributed by atoms with Gasteiger partial charge in [-0.3, -0.25) is 4.79 Å². The Balaban J connectivity index is 1.98. The molecule has 2 aromatic rings. The van der Waals surface area contributed by atoms with Gasteiger partial charge in [0, 0.05) is 5.69 Å². The van der Waals surface area contributed by atoms with Crippen LogP contribution in [0.5, 0.6) is 5.75 Å². The second-order valence-electron chi connectivity index (χ2n) is 4.59. The highest BCUT2D eigenvalue weighted by Crippen LogP contribution is 2.23. The van der Waals surface area contributed by atoms with Crippen LogP contribution < -0.4 is 15.8 Å². The Morgan fingerprint density at radius 1 is 1.17 bits per heavy atom. The first-order valence-electron chi connectivity index (χ1n) is 6.65. The van der Waals surface area contributed by atoms with E-state index in [1.165, 1.54) is 49.6 Å². The Morgan fingerprint density at radius 3 is 2.52 bits per heavy atom. The molecule has 23 heavy (non-hydrogen) atoms. The Bertz CT molecular complexity index is 717. The first kappa shape index (κ1) is 16.3. The van der Waals surface area contributed by atoms with E-state index in [9.17, 15) is 14.0 Å². The van der Waals surface area contributed by atoms with Crippen LogP contribution in [0, 0.1) is 5.82 Å². The smallest absolute Gasteiger partial charge is 0.337 e. The lowest BCUT2D eigenvalue weighted by Crippen LogP contribution is -2.20. The topological polar surface area (TPSA) is 90.7 Å². The number of nitrogens with two attached hydrogens (primary N) is 1. The molecule has 0 radical (unpaired) electrons. The number of benzene rings is 2. The van der Waals surface area contributed by atoms with E-state index in [1.54, 1.807) is 0 Å². The van der Waals surface area contributed by atoms with Crippen molar-refractivity contribution < 1.29 is 23.5 Å². The van der Waals surface area contributed by atoms with Crippen LogP contribution in [-0.2, 0) is 9.53 Å². The van der Waals surface area contributed by atoms with Gasteiger partial charge in [0.2, 0.25) is 0 Å². The van der Waals surface area contributed by atoms with Gasteiger partial charge in [0.15, 0.2) is 6.61 Å². The zero-order valence-corrected chi connectivity index (χ0v) is 12.3. The number of halogens is 1. The average Bonchev–Trinajstić information content (AvgIpc) is 2.55. The number of methoxy groups -OCH3 is 1. The van der Waals surface area contributed by atoms with Crippen molar-refractivity contribution >= 4 is 23.3 Å². The van der Waals surface area contributed by atoms with Crippen LogP contribution in [0.1, 0.15) is 10.4 Å². The van der Waals surface area contributed by atoms with E-state index < -0.39 is 17.7 Å². The summed E-state index contributed by atoms with van der Waals surface area (Å²) in [4.78, 5) is 23.2. The number of anilines is 2. The number of nitrogens with one attached hydrogen (secondary N) is 1. The summed E-state index contributed by atoms with van der Waals surface area (Å²) in [7, 11) is 1.26. The third-order valence-electron chi connectivity index (χ3n) is 2.92. The number of carbonyl (C=O) groups is 2. The Hall–Kier alpha value is -3.09. The molecule has 0 fully saturated rings. The molecule has 0 aliphatic rings. The van der Waals surface area contributed by atoms with E-state index in [2.05, 4.69) is 10.1 Å². The molecular weight excluding hydrogens is 303 g/mol. The van der Waals surface area contributed by atoms with Gasteiger partial charge in [0.25, 0.3) is 5.91 Å². The van der Waals surface area contributed by atoms with Crippen LogP contribution in [0.4, 0.5) is 15.8 Å². The second-order valence-corrected chi connectivity index (χ2v) is 4.59. The van der Waals surface area contributed by atoms with Crippen LogP contribution in [0.2, 0.25) is 0 Å². The monoisotopic (exact) mass is 318 g/mol. The lowest BCUT2D eigenvalue weighted by atomic mass is 10.2. The third-order valence-corrected chi connectivity index (χ3v) is 2.92. The fraction of sp³-hybridized carbons (Fsp3) is 0.125. The number of carbonyl (C=O) groups excluding carboxylic acids is 2. The van der Waals surface area contributed by atoms with Gasteiger partial charge in [-0.15, -0.1) is 0 Å². The van der Waals surface area contributed by atoms with Gasteiger partial charge in [-0.1, -0.05) is 0 Å². The molecule has 2 aromatic carbocycles. The molecule has 1 amide bonds. The molecule has 7 heteroatoms. The number of hydrogen-bond acceptors (Lipinski definition) is 5. The summed E-state index contributed by atoms with van der Waals surface area (Å²) in [6, 6.07) is 9.69. The van der Waals surface area contributed by atoms with Crippen molar-refractivity contribution in [2.75, 3.05) is 24.8 Å². The minimum Gasteiger partial charge on any atom is -0.482 e. The minimum atomic E-state index is -0.536. The predicted octanol–water partition coefficient (Wildman–Crippen LogP) is 2.21. The fourth-order valence-electron chi connectivity index (χ4n) is 1.78. The molecule has 0 unspecified atom stereocenters. The molecule has 0 aliphatic heterocycles. The molecule has 0 heterocycles. The van der Waals surface area contributed by atoms with Gasteiger partial charge in [0.1, 0.15) is 11.6 Å². The molecule has 0 bridgehead atoms. The largest absolute Gasteiger partial charge is 0.482 e. The van der Waals surface area contributed by atoms with Crippen molar-refractivity contribution in [3.63, 3.8) is 0 Å². The molecule has 6 nitrogen and oxygen atoms in total. The van der Waals surface area contributed by atoms with Crippen LogP contribution in [-0.4, -0.2) is 25.6 Å². The quantitative estimate of drug-likeness (QED) is 0.651. The second kappa shape index (κ2) is 7.26. The highest BCUT2D eigenvalue weighted by atomic mass is 19.1. The summed E-state index contributed by atoms with van der Waals surface area (Å²) < 4.78 is 22.7. The molecule has 0 saturated heterocycles. The number of rotatable bonds is 5. The summed E-state index contributed by atoms with van der Waals surface area (Å²) >= 11 is 0. The maximum Gasteiger partial charge on any atom is 0.337 e. The van der Waals surface area contributed by atoms with E-state index in [0.717, 1.165) is 0 Å². The van der Waals surface area contributed by atoms with Gasteiger partial charge >= 0.3 is 5.97 Å². The number of esters is 1. The van der Waals surface area contributed by atoms with Crippen LogP contribution in [0.3, 0.4) is 0 Å². The summed E-state index contributed by atoms with van der Waals surface area (Å²) in [6.07, 6.45) is 0. The van der Waals surface area contributed by atoms with Gasteiger partial charge in [-0.2, -0.15) is 0 Å². The normalized spacial score (nSPS) is 10.0. The van der Waals surface area contributed by atoms with Crippen molar-refractivity contribution in [2.24, 2.45) is 0 Å². The number of ether oxygens (including phenoxy) is 2. The molecule has 3 N–H and O–H groups in total. The van der Waals surface area contributed by atoms with Gasteiger partial charge < -0.3 is 20.5 Å². The highest BCUT2D eigenvalue weighted by molar-refractivity contribution is 5.92. The van der Waals surface area contributed by atoms with Gasteiger partial charge in [0.05, 0.1) is 18.4 Å². The van der Waals surface area contributed by atoms with E-state index in [1.807, 2.05) is 0 Å². The van der Waals surface area contributed by atoms with Crippen LogP contribution in [0.15, 0.2) is 42.5 Å². The van der Waals surface area contributed by atoms with Crippen molar-refractivity contribution in [3.05, 3.63) is 53.8 Å². The zero-order valence-electron chi connectivity index (χ0n) is 12.3. The minimum absolute atomic E-state index is 0.196. The van der Waals surface area contributed by atoms with Crippen LogP contribution >= 0.6 is 0 Å². The Labute approximate surface area is 132 Å². The van der Waals surface area contributed by atoms with Crippen molar-refractivity contribution in [1.29, 1.82) is 0 Å². The SMILES string of the molecule is COC(=O)c1ccc(N)c(OCC(=O)Nc2ccc(F)cc2)c1. The standard InChI is InChI=1S/C16H15FN2O4/c1-22-16(21)10-2-7-13(18)14(8-10)23-9-15(20)19-12-5-3-11(17)4-6-12/h2-8H,9,18H2,1H3,(H,19,20). The van der Waals surface area contributed by atoms with Crippen molar-refractivity contribution in [3.8, 4) is 5.75 Å². The predicted molar refractivity (Wildman–Crippen MR) is 82.7 cm³/mol. The lowest BCUT2D eigenvalue weighted by Gasteiger charge is -2.10. The first-order valence-corrected chi connectivity index (χ1v) is 6.65. The average molecular weight is 318 g/mol. The maximum atomic E-state index is 12.8. The Kier molecular flexibility index (Phi) is 5.14. The maximum absolute atomic E-state index is 12.8.